The Morgan fingerprint density at radius 3 is 2.81 bits per heavy atom. The van der Waals surface area contributed by atoms with Crippen LogP contribution in [-0.4, -0.2) is 48.2 Å². The average Bonchev–Trinajstić information content (AvgIpc) is 2.85. The molecule has 26 heavy (non-hydrogen) atoms. The Labute approximate surface area is 155 Å². The van der Waals surface area contributed by atoms with E-state index in [1.54, 1.807) is 25.1 Å². The maximum atomic E-state index is 12.4. The number of nitrogens with zero attached hydrogens (tertiary/aromatic N) is 4. The van der Waals surface area contributed by atoms with Crippen molar-refractivity contribution in [3.8, 4) is 11.5 Å². The van der Waals surface area contributed by atoms with Crippen LogP contribution in [0.25, 0.3) is 0 Å². The van der Waals surface area contributed by atoms with Crippen LogP contribution in [0.5, 0.6) is 11.5 Å². The van der Waals surface area contributed by atoms with E-state index in [1.165, 1.54) is 6.07 Å². The Morgan fingerprint density at radius 1 is 1.27 bits per heavy atom. The van der Waals surface area contributed by atoms with Crippen molar-refractivity contribution in [3.05, 3.63) is 28.5 Å². The van der Waals surface area contributed by atoms with Gasteiger partial charge in [0.2, 0.25) is 11.9 Å². The van der Waals surface area contributed by atoms with Gasteiger partial charge in [-0.3, -0.25) is 0 Å². The van der Waals surface area contributed by atoms with Gasteiger partial charge in [0.1, 0.15) is 0 Å². The van der Waals surface area contributed by atoms with Crippen LogP contribution in [0.2, 0.25) is 5.02 Å². The molecule has 0 unspecified atom stereocenters. The molecular weight excluding hydrogens is 362 g/mol. The van der Waals surface area contributed by atoms with Crippen molar-refractivity contribution in [2.45, 2.75) is 13.0 Å². The number of carbonyl (C=O) groups excluding carboxylic acids is 1. The zero-order valence-corrected chi connectivity index (χ0v) is 15.1. The fourth-order valence-corrected chi connectivity index (χ4v) is 2.52. The van der Waals surface area contributed by atoms with Gasteiger partial charge in [0.15, 0.2) is 23.9 Å². The number of benzene rings is 1. The van der Waals surface area contributed by atoms with Gasteiger partial charge in [0.25, 0.3) is 0 Å². The molecule has 0 saturated heterocycles. The number of ether oxygens (including phenoxy) is 3. The summed E-state index contributed by atoms with van der Waals surface area (Å²) in [7, 11) is 3.54. The molecule has 138 valence electrons. The second-order valence-electron chi connectivity index (χ2n) is 5.72. The van der Waals surface area contributed by atoms with Crippen molar-refractivity contribution in [3.63, 3.8) is 0 Å². The Kier molecular flexibility index (Phi) is 5.27. The third-order valence-electron chi connectivity index (χ3n) is 3.46. The molecule has 0 spiro atoms. The number of carbonyl (C=O) groups is 1. The highest BCUT2D eigenvalue weighted by molar-refractivity contribution is 6.32. The summed E-state index contributed by atoms with van der Waals surface area (Å²) in [5, 5.41) is 0.288. The van der Waals surface area contributed by atoms with Crippen molar-refractivity contribution >= 4 is 29.5 Å². The molecule has 1 aromatic heterocycles. The minimum atomic E-state index is -0.590. The largest absolute Gasteiger partial charge is 0.489 e. The van der Waals surface area contributed by atoms with Crippen LogP contribution in [0.3, 0.4) is 0 Å². The molecule has 0 amide bonds. The summed E-state index contributed by atoms with van der Waals surface area (Å²) in [6, 6.07) is 3.02. The first-order chi connectivity index (χ1) is 12.4. The number of esters is 1. The van der Waals surface area contributed by atoms with Gasteiger partial charge in [0.05, 0.1) is 23.8 Å². The minimum absolute atomic E-state index is 0.0494. The number of hydrogen-bond acceptors (Lipinski definition) is 9. The smallest absolute Gasteiger partial charge is 0.338 e. The van der Waals surface area contributed by atoms with Crippen LogP contribution in [-0.2, 0) is 11.3 Å². The van der Waals surface area contributed by atoms with Crippen molar-refractivity contribution in [1.29, 1.82) is 0 Å². The highest BCUT2D eigenvalue weighted by atomic mass is 35.5. The number of rotatable bonds is 4. The number of aromatic nitrogens is 3. The molecule has 0 bridgehead atoms. The standard InChI is InChI=1S/C16H18ClN5O4/c1-22(2)16-20-12(19-15(18)21-16)8-26-14(23)9-6-10(17)13-11(7-9)24-4-3-5-25-13/h6-7H,3-5,8H2,1-2H3,(H2,18,19,20,21). The summed E-state index contributed by atoms with van der Waals surface area (Å²) in [6.45, 7) is 0.837. The van der Waals surface area contributed by atoms with Crippen LogP contribution >= 0.6 is 11.6 Å². The Hall–Kier alpha value is -2.81. The van der Waals surface area contributed by atoms with Crippen LogP contribution in [0, 0.1) is 0 Å². The third kappa shape index (κ3) is 4.05. The van der Waals surface area contributed by atoms with Crippen molar-refractivity contribution in [2.24, 2.45) is 0 Å². The first-order valence-electron chi connectivity index (χ1n) is 7.88. The van der Waals surface area contributed by atoms with Gasteiger partial charge < -0.3 is 24.8 Å². The molecule has 0 aliphatic carbocycles. The van der Waals surface area contributed by atoms with Gasteiger partial charge in [-0.1, -0.05) is 11.6 Å². The van der Waals surface area contributed by atoms with Gasteiger partial charge in [-0.25, -0.2) is 4.79 Å². The first-order valence-corrected chi connectivity index (χ1v) is 8.26. The van der Waals surface area contributed by atoms with E-state index < -0.39 is 5.97 Å². The summed E-state index contributed by atoms with van der Waals surface area (Å²) < 4.78 is 16.4. The summed E-state index contributed by atoms with van der Waals surface area (Å²) in [5.41, 5.74) is 5.89. The lowest BCUT2D eigenvalue weighted by molar-refractivity contribution is 0.0461. The third-order valence-corrected chi connectivity index (χ3v) is 3.74. The van der Waals surface area contributed by atoms with E-state index in [4.69, 9.17) is 31.5 Å². The number of fused-ring (bicyclic) bond motifs is 1. The number of nitrogens with two attached hydrogens (primary N) is 1. The Bertz CT molecular complexity index is 831. The van der Waals surface area contributed by atoms with Gasteiger partial charge in [-0.05, 0) is 12.1 Å². The predicted molar refractivity (Wildman–Crippen MR) is 94.7 cm³/mol. The zero-order chi connectivity index (χ0) is 18.7. The van der Waals surface area contributed by atoms with Gasteiger partial charge in [-0.15, -0.1) is 0 Å². The molecule has 0 saturated carbocycles. The molecule has 1 aliphatic heterocycles. The van der Waals surface area contributed by atoms with E-state index in [0.717, 1.165) is 6.42 Å². The molecular formula is C16H18ClN5O4. The molecule has 3 rings (SSSR count). The maximum absolute atomic E-state index is 12.4. The highest BCUT2D eigenvalue weighted by Gasteiger charge is 2.19. The SMILES string of the molecule is CN(C)c1nc(N)nc(COC(=O)c2cc(Cl)c3c(c2)OCCCO3)n1. The fourth-order valence-electron chi connectivity index (χ4n) is 2.25. The number of nitrogen functional groups attached to an aromatic ring is 1. The maximum Gasteiger partial charge on any atom is 0.338 e. The Morgan fingerprint density at radius 2 is 2.04 bits per heavy atom. The molecule has 9 nitrogen and oxygen atoms in total. The van der Waals surface area contributed by atoms with Crippen LogP contribution in [0.4, 0.5) is 11.9 Å². The van der Waals surface area contributed by atoms with E-state index in [2.05, 4.69) is 15.0 Å². The lowest BCUT2D eigenvalue weighted by Gasteiger charge is -2.12. The monoisotopic (exact) mass is 379 g/mol. The zero-order valence-electron chi connectivity index (χ0n) is 14.4. The van der Waals surface area contributed by atoms with Crippen LogP contribution < -0.4 is 20.1 Å². The van der Waals surface area contributed by atoms with Gasteiger partial charge >= 0.3 is 5.97 Å². The molecule has 2 heterocycles. The van der Waals surface area contributed by atoms with Crippen LogP contribution in [0.15, 0.2) is 12.1 Å². The summed E-state index contributed by atoms with van der Waals surface area (Å²) >= 11 is 6.19. The lowest BCUT2D eigenvalue weighted by Crippen LogP contribution is -2.17. The summed E-state index contributed by atoms with van der Waals surface area (Å²) in [4.78, 5) is 26.1. The van der Waals surface area contributed by atoms with E-state index in [1.807, 2.05) is 0 Å². The molecule has 0 atom stereocenters. The number of halogens is 1. The van der Waals surface area contributed by atoms with Crippen molar-refractivity contribution < 1.29 is 19.0 Å². The second kappa shape index (κ2) is 7.61. The summed E-state index contributed by atoms with van der Waals surface area (Å²) in [6.07, 6.45) is 0.736. The average molecular weight is 380 g/mol. The second-order valence-corrected chi connectivity index (χ2v) is 6.12. The Balaban J connectivity index is 1.75. The molecule has 2 aromatic rings. The van der Waals surface area contributed by atoms with E-state index in [9.17, 15) is 4.79 Å². The van der Waals surface area contributed by atoms with Crippen molar-refractivity contribution in [1.82, 2.24) is 15.0 Å². The topological polar surface area (TPSA) is 113 Å². The molecule has 2 N–H and O–H groups in total. The number of anilines is 2. The molecule has 1 aliphatic rings. The predicted octanol–water partition coefficient (Wildman–Crippen LogP) is 1.69. The lowest BCUT2D eigenvalue weighted by atomic mass is 10.2. The van der Waals surface area contributed by atoms with Crippen molar-refractivity contribution in [2.75, 3.05) is 37.9 Å². The minimum Gasteiger partial charge on any atom is -0.489 e. The molecule has 1 aromatic carbocycles. The summed E-state index contributed by atoms with van der Waals surface area (Å²) in [5.74, 6) is 0.932. The molecule has 0 fully saturated rings. The molecule has 10 heteroatoms. The van der Waals surface area contributed by atoms with E-state index >= 15 is 0 Å². The highest BCUT2D eigenvalue weighted by Crippen LogP contribution is 2.38. The first kappa shape index (κ1) is 18.0. The van der Waals surface area contributed by atoms with Gasteiger partial charge in [-0.2, -0.15) is 15.0 Å². The van der Waals surface area contributed by atoms with Gasteiger partial charge in [0, 0.05) is 20.5 Å². The van der Waals surface area contributed by atoms with Crippen LogP contribution in [0.1, 0.15) is 22.6 Å². The normalized spacial score (nSPS) is 13.0. The quantitative estimate of drug-likeness (QED) is 0.792. The number of hydrogen-bond donors (Lipinski definition) is 1. The molecule has 0 radical (unpaired) electrons. The fraction of sp³-hybridized carbons (Fsp3) is 0.375. The van der Waals surface area contributed by atoms with E-state index in [-0.39, 0.29) is 29.0 Å². The van der Waals surface area contributed by atoms with E-state index in [0.29, 0.717) is 30.7 Å².